The Morgan fingerprint density at radius 2 is 2.33 bits per heavy atom. The lowest BCUT2D eigenvalue weighted by Gasteiger charge is -2.39. The predicted molar refractivity (Wildman–Crippen MR) is 73.3 cm³/mol. The van der Waals surface area contributed by atoms with Gasteiger partial charge < -0.3 is 10.4 Å². The average molecular weight is 248 g/mol. The highest BCUT2D eigenvalue weighted by Crippen LogP contribution is 2.32. The van der Waals surface area contributed by atoms with Gasteiger partial charge in [-0.1, -0.05) is 25.8 Å². The van der Waals surface area contributed by atoms with E-state index in [9.17, 15) is 5.11 Å². The Labute approximate surface area is 110 Å². The second-order valence-corrected chi connectivity index (χ2v) is 5.80. The van der Waals surface area contributed by atoms with Crippen molar-refractivity contribution >= 4 is 0 Å². The summed E-state index contributed by atoms with van der Waals surface area (Å²) >= 11 is 0. The molecule has 2 unspecified atom stereocenters. The fraction of sp³-hybridized carbons (Fsp3) is 0.667. The summed E-state index contributed by atoms with van der Waals surface area (Å²) in [6.07, 6.45) is 6.56. The minimum Gasteiger partial charge on any atom is -0.394 e. The predicted octanol–water partition coefficient (Wildman–Crippen LogP) is 2.42. The number of aliphatic hydroxyl groups is 1. The zero-order valence-corrected chi connectivity index (χ0v) is 11.4. The van der Waals surface area contributed by atoms with Crippen LogP contribution in [0.4, 0.5) is 0 Å². The standard InChI is InChI=1S/C15H24N2O/c1-12-4-3-7-15(8-12,11-18)17-10-14-6-5-13(2)16-9-14/h5-6,9,12,17-18H,3-4,7-8,10-11H2,1-2H3. The van der Waals surface area contributed by atoms with Crippen molar-refractivity contribution in [3.63, 3.8) is 0 Å². The monoisotopic (exact) mass is 248 g/mol. The van der Waals surface area contributed by atoms with Crippen LogP contribution in [-0.4, -0.2) is 22.2 Å². The van der Waals surface area contributed by atoms with E-state index in [1.54, 1.807) is 0 Å². The van der Waals surface area contributed by atoms with Gasteiger partial charge in [0.25, 0.3) is 0 Å². The van der Waals surface area contributed by atoms with Gasteiger partial charge in [0, 0.05) is 24.0 Å². The lowest BCUT2D eigenvalue weighted by atomic mass is 9.77. The summed E-state index contributed by atoms with van der Waals surface area (Å²) in [7, 11) is 0. The second kappa shape index (κ2) is 5.81. The van der Waals surface area contributed by atoms with Crippen LogP contribution in [0.15, 0.2) is 18.3 Å². The Hall–Kier alpha value is -0.930. The number of rotatable bonds is 4. The van der Waals surface area contributed by atoms with E-state index in [-0.39, 0.29) is 12.1 Å². The molecule has 18 heavy (non-hydrogen) atoms. The van der Waals surface area contributed by atoms with E-state index in [0.717, 1.165) is 25.1 Å². The van der Waals surface area contributed by atoms with Crippen molar-refractivity contribution in [2.45, 2.75) is 51.6 Å². The van der Waals surface area contributed by atoms with Gasteiger partial charge in [0.1, 0.15) is 0 Å². The van der Waals surface area contributed by atoms with Crippen LogP contribution in [-0.2, 0) is 6.54 Å². The van der Waals surface area contributed by atoms with Crippen molar-refractivity contribution in [2.24, 2.45) is 5.92 Å². The Kier molecular flexibility index (Phi) is 4.36. The SMILES string of the molecule is Cc1ccc(CNC2(CO)CCCC(C)C2)cn1. The lowest BCUT2D eigenvalue weighted by Crippen LogP contribution is -2.51. The molecule has 1 aromatic heterocycles. The van der Waals surface area contributed by atoms with E-state index in [1.807, 2.05) is 19.2 Å². The van der Waals surface area contributed by atoms with Gasteiger partial charge in [0.15, 0.2) is 0 Å². The maximum absolute atomic E-state index is 9.70. The average Bonchev–Trinajstić information content (AvgIpc) is 2.38. The van der Waals surface area contributed by atoms with Crippen LogP contribution in [0.5, 0.6) is 0 Å². The lowest BCUT2D eigenvalue weighted by molar-refractivity contribution is 0.0982. The highest BCUT2D eigenvalue weighted by atomic mass is 16.3. The van der Waals surface area contributed by atoms with Gasteiger partial charge in [0.2, 0.25) is 0 Å². The molecule has 0 aromatic carbocycles. The molecule has 0 radical (unpaired) electrons. The zero-order chi connectivity index (χ0) is 13.0. The van der Waals surface area contributed by atoms with Gasteiger partial charge in [-0.15, -0.1) is 0 Å². The Morgan fingerprint density at radius 3 is 2.94 bits per heavy atom. The van der Waals surface area contributed by atoms with Gasteiger partial charge in [0.05, 0.1) is 6.61 Å². The number of nitrogens with one attached hydrogen (secondary N) is 1. The summed E-state index contributed by atoms with van der Waals surface area (Å²) in [6.45, 7) is 5.30. The smallest absolute Gasteiger partial charge is 0.0613 e. The van der Waals surface area contributed by atoms with E-state index in [2.05, 4.69) is 23.3 Å². The summed E-state index contributed by atoms with van der Waals surface area (Å²) in [5.41, 5.74) is 2.15. The third-order valence-electron chi connectivity index (χ3n) is 4.03. The molecule has 1 aliphatic rings. The first-order valence-corrected chi connectivity index (χ1v) is 6.91. The van der Waals surface area contributed by atoms with Crippen LogP contribution in [0.3, 0.4) is 0 Å². The highest BCUT2D eigenvalue weighted by Gasteiger charge is 2.33. The third kappa shape index (κ3) is 3.30. The quantitative estimate of drug-likeness (QED) is 0.860. The van der Waals surface area contributed by atoms with Gasteiger partial charge >= 0.3 is 0 Å². The number of aliphatic hydroxyl groups excluding tert-OH is 1. The Morgan fingerprint density at radius 1 is 1.50 bits per heavy atom. The summed E-state index contributed by atoms with van der Waals surface area (Å²) in [5.74, 6) is 0.703. The van der Waals surface area contributed by atoms with Crippen molar-refractivity contribution in [1.29, 1.82) is 0 Å². The van der Waals surface area contributed by atoms with Crippen molar-refractivity contribution < 1.29 is 5.11 Å². The summed E-state index contributed by atoms with van der Waals surface area (Å²) in [4.78, 5) is 4.30. The second-order valence-electron chi connectivity index (χ2n) is 5.80. The Bertz CT molecular complexity index is 377. The first kappa shape index (κ1) is 13.5. The molecule has 0 amide bonds. The van der Waals surface area contributed by atoms with Crippen LogP contribution >= 0.6 is 0 Å². The normalized spacial score (nSPS) is 28.3. The zero-order valence-electron chi connectivity index (χ0n) is 11.4. The van der Waals surface area contributed by atoms with E-state index < -0.39 is 0 Å². The van der Waals surface area contributed by atoms with Gasteiger partial charge in [-0.3, -0.25) is 4.98 Å². The number of hydrogen-bond acceptors (Lipinski definition) is 3. The number of aryl methyl sites for hydroxylation is 1. The molecule has 3 heteroatoms. The van der Waals surface area contributed by atoms with E-state index in [4.69, 9.17) is 0 Å². The van der Waals surface area contributed by atoms with E-state index in [1.165, 1.54) is 18.4 Å². The maximum atomic E-state index is 9.70. The molecule has 0 aliphatic heterocycles. The molecule has 0 spiro atoms. The van der Waals surface area contributed by atoms with Crippen LogP contribution in [0.1, 0.15) is 43.9 Å². The highest BCUT2D eigenvalue weighted by molar-refractivity contribution is 5.13. The molecular weight excluding hydrogens is 224 g/mol. The van der Waals surface area contributed by atoms with E-state index >= 15 is 0 Å². The molecule has 3 nitrogen and oxygen atoms in total. The van der Waals surface area contributed by atoms with E-state index in [0.29, 0.717) is 5.92 Å². The molecule has 2 rings (SSSR count). The molecule has 1 heterocycles. The van der Waals surface area contributed by atoms with Crippen LogP contribution in [0, 0.1) is 12.8 Å². The molecule has 0 saturated heterocycles. The topological polar surface area (TPSA) is 45.1 Å². The fourth-order valence-corrected chi connectivity index (χ4v) is 2.91. The summed E-state index contributed by atoms with van der Waals surface area (Å²) < 4.78 is 0. The first-order valence-electron chi connectivity index (χ1n) is 6.91. The van der Waals surface area contributed by atoms with Gasteiger partial charge in [-0.05, 0) is 37.3 Å². The number of pyridine rings is 1. The van der Waals surface area contributed by atoms with Crippen LogP contribution in [0.25, 0.3) is 0 Å². The van der Waals surface area contributed by atoms with Crippen molar-refractivity contribution in [2.75, 3.05) is 6.61 Å². The number of nitrogens with zero attached hydrogens (tertiary/aromatic N) is 1. The summed E-state index contributed by atoms with van der Waals surface area (Å²) in [5, 5.41) is 13.3. The maximum Gasteiger partial charge on any atom is 0.0613 e. The minimum atomic E-state index is -0.0808. The minimum absolute atomic E-state index is 0.0808. The molecule has 100 valence electrons. The fourth-order valence-electron chi connectivity index (χ4n) is 2.91. The van der Waals surface area contributed by atoms with Crippen molar-refractivity contribution in [1.82, 2.24) is 10.3 Å². The largest absolute Gasteiger partial charge is 0.394 e. The van der Waals surface area contributed by atoms with Crippen molar-refractivity contribution in [3.05, 3.63) is 29.6 Å². The molecule has 0 bridgehead atoms. The Balaban J connectivity index is 1.96. The molecule has 1 aliphatic carbocycles. The van der Waals surface area contributed by atoms with Crippen LogP contribution in [0.2, 0.25) is 0 Å². The van der Waals surface area contributed by atoms with Gasteiger partial charge in [-0.2, -0.15) is 0 Å². The molecular formula is C15H24N2O. The molecule has 1 aromatic rings. The third-order valence-corrected chi connectivity index (χ3v) is 4.03. The summed E-state index contributed by atoms with van der Waals surface area (Å²) in [6, 6.07) is 4.14. The molecule has 1 fully saturated rings. The number of aromatic nitrogens is 1. The molecule has 1 saturated carbocycles. The van der Waals surface area contributed by atoms with Crippen molar-refractivity contribution in [3.8, 4) is 0 Å². The molecule has 2 atom stereocenters. The van der Waals surface area contributed by atoms with Gasteiger partial charge in [-0.25, -0.2) is 0 Å². The van der Waals surface area contributed by atoms with Crippen LogP contribution < -0.4 is 5.32 Å². The molecule has 2 N–H and O–H groups in total. The first-order chi connectivity index (χ1) is 8.63. The number of hydrogen-bond donors (Lipinski definition) is 2.